The molecule has 1 amide bonds. The molecule has 0 unspecified atom stereocenters. The number of benzene rings is 2. The Balaban J connectivity index is 2.12. The third kappa shape index (κ3) is 5.39. The number of rotatable bonds is 7. The van der Waals surface area contributed by atoms with Gasteiger partial charge in [0.15, 0.2) is 0 Å². The van der Waals surface area contributed by atoms with Crippen LogP contribution in [0, 0.1) is 0 Å². The first-order chi connectivity index (χ1) is 11.6. The Morgan fingerprint density at radius 2 is 1.71 bits per heavy atom. The highest BCUT2D eigenvalue weighted by Crippen LogP contribution is 2.14. The van der Waals surface area contributed by atoms with Gasteiger partial charge in [-0.1, -0.05) is 41.9 Å². The van der Waals surface area contributed by atoms with Crippen molar-refractivity contribution in [1.29, 1.82) is 0 Å². The third-order valence-electron chi connectivity index (χ3n) is 3.49. The van der Waals surface area contributed by atoms with Crippen LogP contribution in [0.1, 0.15) is 29.3 Å². The molecular weight excluding hydrogens is 326 g/mol. The van der Waals surface area contributed by atoms with E-state index in [9.17, 15) is 9.59 Å². The summed E-state index contributed by atoms with van der Waals surface area (Å²) in [7, 11) is 0. The highest BCUT2D eigenvalue weighted by atomic mass is 35.5. The number of esters is 1. The van der Waals surface area contributed by atoms with E-state index in [-0.39, 0.29) is 18.3 Å². The maximum absolute atomic E-state index is 12.7. The van der Waals surface area contributed by atoms with Crippen LogP contribution in [0.4, 0.5) is 0 Å². The molecule has 4 nitrogen and oxygen atoms in total. The molecule has 0 fully saturated rings. The molecule has 0 N–H and O–H groups in total. The van der Waals surface area contributed by atoms with E-state index in [0.29, 0.717) is 30.3 Å². The first-order valence-corrected chi connectivity index (χ1v) is 8.22. The van der Waals surface area contributed by atoms with Gasteiger partial charge in [-0.2, -0.15) is 0 Å². The number of carbonyl (C=O) groups is 2. The summed E-state index contributed by atoms with van der Waals surface area (Å²) in [5.74, 6) is -0.422. The molecule has 0 aliphatic carbocycles. The lowest BCUT2D eigenvalue weighted by atomic mass is 10.1. The van der Waals surface area contributed by atoms with Crippen molar-refractivity contribution in [1.82, 2.24) is 4.90 Å². The molecule has 0 spiro atoms. The van der Waals surface area contributed by atoms with E-state index in [2.05, 4.69) is 0 Å². The van der Waals surface area contributed by atoms with Gasteiger partial charge in [0.25, 0.3) is 5.91 Å². The molecule has 0 saturated carbocycles. The van der Waals surface area contributed by atoms with Crippen LogP contribution >= 0.6 is 11.6 Å². The smallest absolute Gasteiger partial charge is 0.307 e. The van der Waals surface area contributed by atoms with Gasteiger partial charge in [0, 0.05) is 23.7 Å². The van der Waals surface area contributed by atoms with Crippen LogP contribution in [0.5, 0.6) is 0 Å². The van der Waals surface area contributed by atoms with Crippen molar-refractivity contribution in [3.05, 3.63) is 70.7 Å². The number of halogens is 1. The second-order valence-electron chi connectivity index (χ2n) is 5.27. The number of amides is 1. The Labute approximate surface area is 147 Å². The fraction of sp³-hybridized carbons (Fsp3) is 0.263. The maximum Gasteiger partial charge on any atom is 0.307 e. The summed E-state index contributed by atoms with van der Waals surface area (Å²) in [6, 6.07) is 16.3. The molecule has 2 rings (SSSR count). The minimum absolute atomic E-state index is 0.116. The molecule has 0 saturated heterocycles. The zero-order valence-corrected chi connectivity index (χ0v) is 14.3. The predicted molar refractivity (Wildman–Crippen MR) is 93.9 cm³/mol. The summed E-state index contributed by atoms with van der Waals surface area (Å²) in [5, 5.41) is 0.645. The molecule has 0 aliphatic heterocycles. The van der Waals surface area contributed by atoms with Crippen LogP contribution in [0.15, 0.2) is 54.6 Å². The van der Waals surface area contributed by atoms with Crippen LogP contribution in [-0.4, -0.2) is 29.9 Å². The Bertz CT molecular complexity index is 671. The number of carbonyl (C=O) groups excluding carboxylic acids is 2. The van der Waals surface area contributed by atoms with E-state index in [1.165, 1.54) is 0 Å². The Kier molecular flexibility index (Phi) is 6.82. The van der Waals surface area contributed by atoms with E-state index in [1.54, 1.807) is 36.1 Å². The van der Waals surface area contributed by atoms with Gasteiger partial charge in [-0.05, 0) is 36.8 Å². The van der Waals surface area contributed by atoms with Crippen LogP contribution < -0.4 is 0 Å². The second-order valence-corrected chi connectivity index (χ2v) is 5.71. The number of nitrogens with zero attached hydrogens (tertiary/aromatic N) is 1. The lowest BCUT2D eigenvalue weighted by Gasteiger charge is -2.22. The minimum Gasteiger partial charge on any atom is -0.466 e. The van der Waals surface area contributed by atoms with Crippen molar-refractivity contribution in [2.75, 3.05) is 13.2 Å². The van der Waals surface area contributed by atoms with Crippen molar-refractivity contribution in [2.24, 2.45) is 0 Å². The monoisotopic (exact) mass is 345 g/mol. The van der Waals surface area contributed by atoms with Crippen LogP contribution in [0.2, 0.25) is 5.02 Å². The summed E-state index contributed by atoms with van der Waals surface area (Å²) in [6.07, 6.45) is 0.167. The average molecular weight is 346 g/mol. The molecule has 0 aliphatic rings. The topological polar surface area (TPSA) is 46.6 Å². The van der Waals surface area contributed by atoms with Crippen molar-refractivity contribution in [3.63, 3.8) is 0 Å². The first kappa shape index (κ1) is 18.0. The van der Waals surface area contributed by atoms with E-state index in [0.717, 1.165) is 5.56 Å². The van der Waals surface area contributed by atoms with Crippen molar-refractivity contribution in [2.45, 2.75) is 19.9 Å². The molecule has 0 radical (unpaired) electrons. The van der Waals surface area contributed by atoms with Crippen molar-refractivity contribution < 1.29 is 14.3 Å². The average Bonchev–Trinajstić information content (AvgIpc) is 2.60. The van der Waals surface area contributed by atoms with E-state index < -0.39 is 0 Å². The Hall–Kier alpha value is -2.33. The maximum atomic E-state index is 12.7. The molecule has 2 aromatic rings. The van der Waals surface area contributed by atoms with Gasteiger partial charge in [0.05, 0.1) is 13.0 Å². The van der Waals surface area contributed by atoms with Crippen molar-refractivity contribution >= 4 is 23.5 Å². The second kappa shape index (κ2) is 9.08. The summed E-state index contributed by atoms with van der Waals surface area (Å²) >= 11 is 5.90. The normalized spacial score (nSPS) is 10.2. The number of hydrogen-bond acceptors (Lipinski definition) is 3. The fourth-order valence-electron chi connectivity index (χ4n) is 2.29. The summed E-state index contributed by atoms with van der Waals surface area (Å²) in [6.45, 7) is 2.81. The van der Waals surface area contributed by atoms with Crippen molar-refractivity contribution in [3.8, 4) is 0 Å². The van der Waals surface area contributed by atoms with Crippen LogP contribution in [0.3, 0.4) is 0 Å². The van der Waals surface area contributed by atoms with E-state index in [4.69, 9.17) is 16.3 Å². The highest BCUT2D eigenvalue weighted by molar-refractivity contribution is 6.30. The molecule has 24 heavy (non-hydrogen) atoms. The summed E-state index contributed by atoms with van der Waals surface area (Å²) < 4.78 is 4.95. The standard InChI is InChI=1S/C19H20ClNO3/c1-2-24-18(22)12-13-21(14-15-8-10-17(20)11-9-15)19(23)16-6-4-3-5-7-16/h3-11H,2,12-14H2,1H3. The molecular formula is C19H20ClNO3. The lowest BCUT2D eigenvalue weighted by Crippen LogP contribution is -2.32. The molecule has 0 aromatic heterocycles. The zero-order chi connectivity index (χ0) is 17.4. The molecule has 0 heterocycles. The van der Waals surface area contributed by atoms with Gasteiger partial charge >= 0.3 is 5.97 Å². The van der Waals surface area contributed by atoms with Gasteiger partial charge in [-0.15, -0.1) is 0 Å². The Morgan fingerprint density at radius 3 is 2.33 bits per heavy atom. The number of hydrogen-bond donors (Lipinski definition) is 0. The summed E-state index contributed by atoms with van der Waals surface area (Å²) in [5.41, 5.74) is 1.54. The molecule has 2 aromatic carbocycles. The Morgan fingerprint density at radius 1 is 1.04 bits per heavy atom. The quantitative estimate of drug-likeness (QED) is 0.714. The predicted octanol–water partition coefficient (Wildman–Crippen LogP) is 3.94. The largest absolute Gasteiger partial charge is 0.466 e. The molecule has 0 atom stereocenters. The van der Waals surface area contributed by atoms with Gasteiger partial charge in [0.2, 0.25) is 0 Å². The lowest BCUT2D eigenvalue weighted by molar-refractivity contribution is -0.143. The van der Waals surface area contributed by atoms with Crippen LogP contribution in [-0.2, 0) is 16.1 Å². The summed E-state index contributed by atoms with van der Waals surface area (Å²) in [4.78, 5) is 26.0. The molecule has 126 valence electrons. The fourth-order valence-corrected chi connectivity index (χ4v) is 2.41. The number of ether oxygens (including phenoxy) is 1. The SMILES string of the molecule is CCOC(=O)CCN(Cc1ccc(Cl)cc1)C(=O)c1ccccc1. The molecule has 5 heteroatoms. The zero-order valence-electron chi connectivity index (χ0n) is 13.6. The first-order valence-electron chi connectivity index (χ1n) is 7.84. The third-order valence-corrected chi connectivity index (χ3v) is 3.74. The molecule has 0 bridgehead atoms. The van der Waals surface area contributed by atoms with E-state index >= 15 is 0 Å². The minimum atomic E-state index is -0.306. The van der Waals surface area contributed by atoms with E-state index in [1.807, 2.05) is 30.3 Å². The highest BCUT2D eigenvalue weighted by Gasteiger charge is 2.17. The van der Waals surface area contributed by atoms with Gasteiger partial charge in [-0.25, -0.2) is 0 Å². The van der Waals surface area contributed by atoms with Crippen LogP contribution in [0.25, 0.3) is 0 Å². The van der Waals surface area contributed by atoms with Gasteiger partial charge < -0.3 is 9.64 Å². The van der Waals surface area contributed by atoms with Gasteiger partial charge in [0.1, 0.15) is 0 Å². The van der Waals surface area contributed by atoms with Gasteiger partial charge in [-0.3, -0.25) is 9.59 Å².